The van der Waals surface area contributed by atoms with Gasteiger partial charge in [0, 0.05) is 24.5 Å². The van der Waals surface area contributed by atoms with Gasteiger partial charge in [0.1, 0.15) is 13.7 Å². The Morgan fingerprint density at radius 3 is 2.55 bits per heavy atom. The lowest BCUT2D eigenvalue weighted by Gasteiger charge is -2.20. The first-order valence-corrected chi connectivity index (χ1v) is 14.8. The standard InChI is InChI=1S/C27H36N2O3Si/c1-8-9-10-16-25(30)28(18-13-20-33(5,6)7)19-17-22-21-29(26(31)32-27(2,3)4)24-15-12-11-14-23(22)24/h8-12,14-15,21H,1,16-19H2,2-7H3/b10-9+. The summed E-state index contributed by atoms with van der Waals surface area (Å²) in [4.78, 5) is 27.4. The van der Waals surface area contributed by atoms with E-state index in [2.05, 4.69) is 37.7 Å². The van der Waals surface area contributed by atoms with Crippen LogP contribution in [-0.2, 0) is 16.0 Å². The molecule has 0 aliphatic carbocycles. The predicted octanol–water partition coefficient (Wildman–Crippen LogP) is 5.81. The third-order valence-corrected chi connectivity index (χ3v) is 5.61. The molecule has 1 aromatic carbocycles. The van der Waals surface area contributed by atoms with Gasteiger partial charge in [0.15, 0.2) is 0 Å². The van der Waals surface area contributed by atoms with Crippen LogP contribution in [0.4, 0.5) is 4.79 Å². The summed E-state index contributed by atoms with van der Waals surface area (Å²) in [5, 5.41) is 0.982. The van der Waals surface area contributed by atoms with Crippen LogP contribution in [0, 0.1) is 11.5 Å². The van der Waals surface area contributed by atoms with E-state index in [1.54, 1.807) is 21.6 Å². The average Bonchev–Trinajstić information content (AvgIpc) is 3.07. The van der Waals surface area contributed by atoms with Crippen LogP contribution >= 0.6 is 0 Å². The SMILES string of the molecule is C=C/C=C/CC(=O)N(CC#C[Si](C)(C)C)CCc1cn(C(=O)OC(C)(C)C)c2ccccc12. The summed E-state index contributed by atoms with van der Waals surface area (Å²) < 4.78 is 7.13. The van der Waals surface area contributed by atoms with Gasteiger partial charge in [-0.05, 0) is 38.8 Å². The fourth-order valence-electron chi connectivity index (χ4n) is 3.25. The largest absolute Gasteiger partial charge is 0.443 e. The molecule has 0 fully saturated rings. The number of rotatable bonds is 7. The maximum Gasteiger partial charge on any atom is 0.419 e. The Balaban J connectivity index is 2.28. The summed E-state index contributed by atoms with van der Waals surface area (Å²) in [7, 11) is -1.52. The minimum Gasteiger partial charge on any atom is -0.443 e. The van der Waals surface area contributed by atoms with E-state index in [-0.39, 0.29) is 5.91 Å². The highest BCUT2D eigenvalue weighted by molar-refractivity contribution is 6.83. The van der Waals surface area contributed by atoms with E-state index in [1.165, 1.54) is 0 Å². The number of hydrogen-bond acceptors (Lipinski definition) is 3. The maximum atomic E-state index is 12.8. The average molecular weight is 465 g/mol. The van der Waals surface area contributed by atoms with Crippen molar-refractivity contribution in [2.45, 2.75) is 58.9 Å². The van der Waals surface area contributed by atoms with Crippen LogP contribution < -0.4 is 0 Å². The molecule has 0 aliphatic heterocycles. The molecule has 0 radical (unpaired) electrons. The van der Waals surface area contributed by atoms with Crippen LogP contribution in [0.1, 0.15) is 32.8 Å². The van der Waals surface area contributed by atoms with E-state index in [1.807, 2.05) is 57.3 Å². The number of benzene rings is 1. The van der Waals surface area contributed by atoms with Crippen LogP contribution in [-0.4, -0.2) is 48.2 Å². The molecule has 1 heterocycles. The highest BCUT2D eigenvalue weighted by atomic mass is 28.3. The molecular formula is C27H36N2O3Si. The lowest BCUT2D eigenvalue weighted by Crippen LogP contribution is -2.33. The van der Waals surface area contributed by atoms with Gasteiger partial charge in [0.05, 0.1) is 12.1 Å². The molecule has 1 amide bonds. The number of para-hydroxylation sites is 1. The fourth-order valence-corrected chi connectivity index (χ4v) is 3.86. The molecule has 0 atom stereocenters. The third kappa shape index (κ3) is 8.43. The van der Waals surface area contributed by atoms with Gasteiger partial charge < -0.3 is 9.64 Å². The Morgan fingerprint density at radius 2 is 1.91 bits per heavy atom. The number of carbonyl (C=O) groups is 2. The zero-order chi connectivity index (χ0) is 24.6. The van der Waals surface area contributed by atoms with E-state index in [4.69, 9.17) is 4.74 Å². The van der Waals surface area contributed by atoms with Gasteiger partial charge in [0.25, 0.3) is 0 Å². The Morgan fingerprint density at radius 1 is 1.21 bits per heavy atom. The third-order valence-electron chi connectivity index (χ3n) is 4.69. The molecule has 33 heavy (non-hydrogen) atoms. The molecule has 0 N–H and O–H groups in total. The van der Waals surface area contributed by atoms with Crippen molar-refractivity contribution in [2.24, 2.45) is 0 Å². The zero-order valence-corrected chi connectivity index (χ0v) is 21.8. The van der Waals surface area contributed by atoms with Crippen molar-refractivity contribution in [3.05, 3.63) is 60.8 Å². The molecule has 2 rings (SSSR count). The Kier molecular flexibility index (Phi) is 8.89. The minimum absolute atomic E-state index is 0.0221. The molecule has 1 aromatic heterocycles. The number of allylic oxidation sites excluding steroid dienone is 2. The zero-order valence-electron chi connectivity index (χ0n) is 20.8. The molecule has 176 valence electrons. The number of fused-ring (bicyclic) bond motifs is 1. The molecule has 5 nitrogen and oxygen atoms in total. The van der Waals surface area contributed by atoms with Crippen LogP contribution in [0.25, 0.3) is 10.9 Å². The summed E-state index contributed by atoms with van der Waals surface area (Å²) in [5.41, 5.74) is 4.55. The quantitative estimate of drug-likeness (QED) is 0.295. The summed E-state index contributed by atoms with van der Waals surface area (Å²) in [5.74, 6) is 3.23. The molecule has 0 aliphatic rings. The predicted molar refractivity (Wildman–Crippen MR) is 139 cm³/mol. The number of hydrogen-bond donors (Lipinski definition) is 0. The number of ether oxygens (including phenoxy) is 1. The molecule has 0 saturated carbocycles. The Hall–Kier alpha value is -3.04. The fraction of sp³-hybridized carbons (Fsp3) is 0.407. The number of amides is 1. The van der Waals surface area contributed by atoms with Crippen LogP contribution in [0.2, 0.25) is 19.6 Å². The van der Waals surface area contributed by atoms with Crippen molar-refractivity contribution in [1.82, 2.24) is 9.47 Å². The van der Waals surface area contributed by atoms with Crippen molar-refractivity contribution in [1.29, 1.82) is 0 Å². The molecule has 2 aromatic rings. The van der Waals surface area contributed by atoms with Crippen molar-refractivity contribution in [3.63, 3.8) is 0 Å². The summed E-state index contributed by atoms with van der Waals surface area (Å²) in [6.45, 7) is 16.7. The second-order valence-corrected chi connectivity index (χ2v) is 14.8. The lowest BCUT2D eigenvalue weighted by atomic mass is 10.1. The molecule has 0 spiro atoms. The number of aromatic nitrogens is 1. The first-order chi connectivity index (χ1) is 15.4. The summed E-state index contributed by atoms with van der Waals surface area (Å²) in [6, 6.07) is 7.76. The first kappa shape index (κ1) is 26.2. The molecule has 0 unspecified atom stereocenters. The Labute approximate surface area is 199 Å². The van der Waals surface area contributed by atoms with Crippen molar-refractivity contribution in [2.75, 3.05) is 13.1 Å². The van der Waals surface area contributed by atoms with Crippen molar-refractivity contribution >= 4 is 31.0 Å². The minimum atomic E-state index is -1.52. The number of nitrogens with zero attached hydrogens (tertiary/aromatic N) is 2. The first-order valence-electron chi connectivity index (χ1n) is 11.3. The van der Waals surface area contributed by atoms with Gasteiger partial charge in [0.2, 0.25) is 5.91 Å². The second kappa shape index (κ2) is 11.2. The molecule has 0 bridgehead atoms. The summed E-state index contributed by atoms with van der Waals surface area (Å²) >= 11 is 0. The topological polar surface area (TPSA) is 51.5 Å². The second-order valence-electron chi connectivity index (χ2n) is 10.0. The lowest BCUT2D eigenvalue weighted by molar-refractivity contribution is -0.129. The van der Waals surface area contributed by atoms with Crippen molar-refractivity contribution in [3.8, 4) is 11.5 Å². The van der Waals surface area contributed by atoms with Gasteiger partial charge in [-0.2, -0.15) is 0 Å². The van der Waals surface area contributed by atoms with E-state index in [9.17, 15) is 9.59 Å². The van der Waals surface area contributed by atoms with E-state index < -0.39 is 19.8 Å². The van der Waals surface area contributed by atoms with Gasteiger partial charge >= 0.3 is 6.09 Å². The van der Waals surface area contributed by atoms with E-state index >= 15 is 0 Å². The summed E-state index contributed by atoms with van der Waals surface area (Å²) in [6.07, 6.45) is 7.58. The van der Waals surface area contributed by atoms with Crippen LogP contribution in [0.15, 0.2) is 55.3 Å². The van der Waals surface area contributed by atoms with Gasteiger partial charge in [-0.15, -0.1) is 5.54 Å². The van der Waals surface area contributed by atoms with Crippen LogP contribution in [0.3, 0.4) is 0 Å². The van der Waals surface area contributed by atoms with Gasteiger partial charge in [-0.1, -0.05) is 68.6 Å². The highest BCUT2D eigenvalue weighted by Gasteiger charge is 2.21. The van der Waals surface area contributed by atoms with Crippen molar-refractivity contribution < 1.29 is 14.3 Å². The monoisotopic (exact) mass is 464 g/mol. The molecule has 6 heteroatoms. The number of carbonyl (C=O) groups excluding carboxylic acids is 2. The van der Waals surface area contributed by atoms with Crippen LogP contribution in [0.5, 0.6) is 0 Å². The maximum absolute atomic E-state index is 12.8. The van der Waals surface area contributed by atoms with E-state index in [0.717, 1.165) is 16.5 Å². The Bertz CT molecular complexity index is 1090. The molecule has 0 saturated heterocycles. The molecular weight excluding hydrogens is 428 g/mol. The smallest absolute Gasteiger partial charge is 0.419 e. The highest BCUT2D eigenvalue weighted by Crippen LogP contribution is 2.23. The van der Waals surface area contributed by atoms with E-state index in [0.29, 0.717) is 25.9 Å². The normalized spacial score (nSPS) is 11.8. The van der Waals surface area contributed by atoms with Gasteiger partial charge in [-0.3, -0.25) is 9.36 Å². The van der Waals surface area contributed by atoms with Gasteiger partial charge in [-0.25, -0.2) is 4.79 Å².